The molecule has 2 aromatic carbocycles. The molecule has 0 fully saturated rings. The zero-order valence-electron chi connectivity index (χ0n) is 9.60. The Hall–Kier alpha value is -0.460. The molecule has 3 N–H and O–H groups in total. The predicted molar refractivity (Wildman–Crippen MR) is 90.7 cm³/mol. The number of nitrogen functional groups attached to an aromatic ring is 1. The zero-order chi connectivity index (χ0) is 13.3. The van der Waals surface area contributed by atoms with Crippen molar-refractivity contribution in [1.82, 2.24) is 0 Å². The third-order valence-electron chi connectivity index (χ3n) is 2.56. The number of benzene rings is 2. The van der Waals surface area contributed by atoms with Crippen molar-refractivity contribution in [2.45, 2.75) is 6.92 Å². The van der Waals surface area contributed by atoms with Crippen LogP contribution in [-0.2, 0) is 0 Å². The smallest absolute Gasteiger partial charge is 0.0651 e. The maximum atomic E-state index is 6.20. The van der Waals surface area contributed by atoms with Crippen molar-refractivity contribution >= 4 is 67.2 Å². The van der Waals surface area contributed by atoms with Gasteiger partial charge in [0.1, 0.15) is 0 Å². The second-order valence-electron chi connectivity index (χ2n) is 3.94. The van der Waals surface area contributed by atoms with Crippen LogP contribution in [0, 0.1) is 10.5 Å². The van der Waals surface area contributed by atoms with Gasteiger partial charge in [-0.05, 0) is 81.3 Å². The normalized spacial score (nSPS) is 10.4. The van der Waals surface area contributed by atoms with Crippen molar-refractivity contribution in [3.05, 3.63) is 49.0 Å². The molecule has 5 heteroatoms. The Morgan fingerprint density at radius 2 is 1.94 bits per heavy atom. The van der Waals surface area contributed by atoms with E-state index in [-0.39, 0.29) is 0 Å². The molecule has 2 nitrogen and oxygen atoms in total. The number of anilines is 3. The van der Waals surface area contributed by atoms with Gasteiger partial charge in [0.25, 0.3) is 0 Å². The Balaban J connectivity index is 2.37. The summed E-state index contributed by atoms with van der Waals surface area (Å²) in [7, 11) is 0. The Morgan fingerprint density at radius 3 is 2.61 bits per heavy atom. The molecule has 0 atom stereocenters. The number of rotatable bonds is 2. The third-order valence-corrected chi connectivity index (χ3v) is 4.20. The van der Waals surface area contributed by atoms with E-state index in [2.05, 4.69) is 43.8 Å². The lowest BCUT2D eigenvalue weighted by atomic mass is 10.2. The lowest BCUT2D eigenvalue weighted by molar-refractivity contribution is 1.43. The summed E-state index contributed by atoms with van der Waals surface area (Å²) in [6.07, 6.45) is 0. The van der Waals surface area contributed by atoms with Gasteiger partial charge in [-0.1, -0.05) is 11.6 Å². The van der Waals surface area contributed by atoms with Gasteiger partial charge in [0, 0.05) is 13.7 Å². The predicted octanol–water partition coefficient (Wildman–Crippen LogP) is 5.34. The van der Waals surface area contributed by atoms with E-state index in [4.69, 9.17) is 17.3 Å². The summed E-state index contributed by atoms with van der Waals surface area (Å²) in [5, 5.41) is 4.00. The first-order chi connectivity index (χ1) is 8.47. The lowest BCUT2D eigenvalue weighted by Crippen LogP contribution is -1.96. The minimum atomic E-state index is 0.697. The van der Waals surface area contributed by atoms with Crippen LogP contribution in [0.25, 0.3) is 0 Å². The SMILES string of the molecule is Cc1cc(Nc2ccc(I)cc2Cl)c(Br)cc1N. The molecule has 0 amide bonds. The first kappa shape index (κ1) is 14.0. The lowest BCUT2D eigenvalue weighted by Gasteiger charge is -2.12. The second kappa shape index (κ2) is 5.67. The second-order valence-corrected chi connectivity index (χ2v) is 6.44. The molecule has 0 aliphatic rings. The summed E-state index contributed by atoms with van der Waals surface area (Å²) in [6, 6.07) is 9.77. The van der Waals surface area contributed by atoms with Crippen molar-refractivity contribution in [2.24, 2.45) is 0 Å². The Morgan fingerprint density at radius 1 is 1.22 bits per heavy atom. The van der Waals surface area contributed by atoms with Crippen LogP contribution in [-0.4, -0.2) is 0 Å². The van der Waals surface area contributed by atoms with E-state index in [9.17, 15) is 0 Å². The first-order valence-electron chi connectivity index (χ1n) is 5.25. The molecule has 0 unspecified atom stereocenters. The van der Waals surface area contributed by atoms with E-state index in [1.54, 1.807) is 0 Å². The highest BCUT2D eigenvalue weighted by atomic mass is 127. The van der Waals surface area contributed by atoms with Crippen LogP contribution in [0.4, 0.5) is 17.1 Å². The average molecular weight is 438 g/mol. The molecular weight excluding hydrogens is 426 g/mol. The molecule has 2 aromatic rings. The van der Waals surface area contributed by atoms with Crippen molar-refractivity contribution in [2.75, 3.05) is 11.1 Å². The minimum absolute atomic E-state index is 0.697. The van der Waals surface area contributed by atoms with Crippen LogP contribution >= 0.6 is 50.1 Å². The summed E-state index contributed by atoms with van der Waals surface area (Å²) >= 11 is 11.9. The molecule has 0 radical (unpaired) electrons. The standard InChI is InChI=1S/C13H11BrClIN2/c1-7-4-13(9(14)6-11(7)17)18-12-3-2-8(16)5-10(12)15/h2-6,18H,17H2,1H3. The fourth-order valence-corrected chi connectivity index (χ4v) is 2.89. The Bertz CT molecular complexity index is 602. The molecule has 94 valence electrons. The van der Waals surface area contributed by atoms with Gasteiger partial charge in [-0.15, -0.1) is 0 Å². The van der Waals surface area contributed by atoms with Crippen LogP contribution < -0.4 is 11.1 Å². The number of halogens is 3. The molecule has 0 saturated carbocycles. The summed E-state index contributed by atoms with van der Waals surface area (Å²) in [5.41, 5.74) is 9.47. The maximum Gasteiger partial charge on any atom is 0.0651 e. The van der Waals surface area contributed by atoms with E-state index in [1.165, 1.54) is 0 Å². The molecule has 18 heavy (non-hydrogen) atoms. The first-order valence-corrected chi connectivity index (χ1v) is 7.50. The molecule has 0 aliphatic heterocycles. The fourth-order valence-electron chi connectivity index (χ4n) is 1.53. The molecule has 0 heterocycles. The van der Waals surface area contributed by atoms with Gasteiger partial charge in [-0.25, -0.2) is 0 Å². The topological polar surface area (TPSA) is 38.0 Å². The van der Waals surface area contributed by atoms with Crippen molar-refractivity contribution < 1.29 is 0 Å². The van der Waals surface area contributed by atoms with Crippen molar-refractivity contribution in [3.63, 3.8) is 0 Å². The average Bonchev–Trinajstić information content (AvgIpc) is 2.29. The van der Waals surface area contributed by atoms with Crippen LogP contribution in [0.2, 0.25) is 5.02 Å². The molecule has 0 aliphatic carbocycles. The highest BCUT2D eigenvalue weighted by Crippen LogP contribution is 2.33. The van der Waals surface area contributed by atoms with Crippen molar-refractivity contribution in [3.8, 4) is 0 Å². The van der Waals surface area contributed by atoms with Gasteiger partial charge >= 0.3 is 0 Å². The van der Waals surface area contributed by atoms with E-state index < -0.39 is 0 Å². The molecule has 0 aromatic heterocycles. The maximum absolute atomic E-state index is 6.20. The van der Waals surface area contributed by atoms with Gasteiger partial charge in [0.15, 0.2) is 0 Å². The van der Waals surface area contributed by atoms with Gasteiger partial charge < -0.3 is 11.1 Å². The Kier molecular flexibility index (Phi) is 4.40. The largest absolute Gasteiger partial charge is 0.398 e. The van der Waals surface area contributed by atoms with E-state index in [0.29, 0.717) is 5.02 Å². The molecular formula is C13H11BrClIN2. The summed E-state index contributed by atoms with van der Waals surface area (Å²) in [5.74, 6) is 0. The number of nitrogens with one attached hydrogen (secondary N) is 1. The number of hydrogen-bond donors (Lipinski definition) is 2. The van der Waals surface area contributed by atoms with Crippen LogP contribution in [0.5, 0.6) is 0 Å². The zero-order valence-corrected chi connectivity index (χ0v) is 14.1. The highest BCUT2D eigenvalue weighted by Gasteiger charge is 2.06. The molecule has 2 rings (SSSR count). The van der Waals surface area contributed by atoms with Crippen molar-refractivity contribution in [1.29, 1.82) is 0 Å². The third kappa shape index (κ3) is 3.10. The van der Waals surface area contributed by atoms with Gasteiger partial charge in [0.2, 0.25) is 0 Å². The highest BCUT2D eigenvalue weighted by molar-refractivity contribution is 14.1. The van der Waals surface area contributed by atoms with Crippen LogP contribution in [0.15, 0.2) is 34.8 Å². The molecule has 0 bridgehead atoms. The molecule has 0 saturated heterocycles. The van der Waals surface area contributed by atoms with E-state index in [1.807, 2.05) is 37.3 Å². The van der Waals surface area contributed by atoms with Gasteiger partial charge in [-0.3, -0.25) is 0 Å². The summed E-state index contributed by atoms with van der Waals surface area (Å²) in [6.45, 7) is 1.97. The van der Waals surface area contributed by atoms with E-state index in [0.717, 1.165) is 30.7 Å². The summed E-state index contributed by atoms with van der Waals surface area (Å²) < 4.78 is 2.02. The van der Waals surface area contributed by atoms with E-state index >= 15 is 0 Å². The number of hydrogen-bond acceptors (Lipinski definition) is 2. The number of nitrogens with two attached hydrogens (primary N) is 1. The Labute approximate surface area is 133 Å². The summed E-state index contributed by atoms with van der Waals surface area (Å²) in [4.78, 5) is 0. The van der Waals surface area contributed by atoms with Crippen LogP contribution in [0.1, 0.15) is 5.56 Å². The number of aryl methyl sites for hydroxylation is 1. The minimum Gasteiger partial charge on any atom is -0.398 e. The quantitative estimate of drug-likeness (QED) is 0.492. The fraction of sp³-hybridized carbons (Fsp3) is 0.0769. The van der Waals surface area contributed by atoms with Crippen LogP contribution in [0.3, 0.4) is 0 Å². The van der Waals surface area contributed by atoms with Gasteiger partial charge in [-0.2, -0.15) is 0 Å². The molecule has 0 spiro atoms. The monoisotopic (exact) mass is 436 g/mol. The van der Waals surface area contributed by atoms with Gasteiger partial charge in [0.05, 0.1) is 16.4 Å².